The zero-order valence-electron chi connectivity index (χ0n) is 3.53. The van der Waals surface area contributed by atoms with Crippen molar-refractivity contribution in [1.29, 1.82) is 0 Å². The van der Waals surface area contributed by atoms with Gasteiger partial charge < -0.3 is 0 Å². The monoisotopic (exact) mass is 141 g/mol. The fourth-order valence-corrected chi connectivity index (χ4v) is 0.252. The van der Waals surface area contributed by atoms with Crippen LogP contribution >= 0.6 is 23.4 Å². The Morgan fingerprint density at radius 3 is 2.86 bits per heavy atom. The van der Waals surface area contributed by atoms with Gasteiger partial charge in [-0.05, 0) is 6.08 Å². The van der Waals surface area contributed by atoms with Crippen LogP contribution in [0.5, 0.6) is 0 Å². The number of rotatable bonds is 3. The second-order valence-electron chi connectivity index (χ2n) is 0.750. The van der Waals surface area contributed by atoms with Gasteiger partial charge in [0.05, 0.1) is 6.61 Å². The highest BCUT2D eigenvalue weighted by molar-refractivity contribution is 6.25. The highest BCUT2D eigenvalue weighted by Crippen LogP contribution is 1.77. The minimum Gasteiger partial charge on any atom is -0.282 e. The first kappa shape index (κ1) is 7.24. The summed E-state index contributed by atoms with van der Waals surface area (Å²) < 4.78 is 0. The second-order valence-corrected chi connectivity index (χ2v) is 1.16. The van der Waals surface area contributed by atoms with E-state index in [2.05, 4.69) is 4.84 Å². The standard InChI is InChI=1S/C3H5Cl2NO/c4-2-1-3-7-6-5/h1-2,6H,3H2/b2-1+. The third kappa shape index (κ3) is 6.24. The van der Waals surface area contributed by atoms with E-state index in [1.807, 2.05) is 5.00 Å². The highest BCUT2D eigenvalue weighted by atomic mass is 35.5. The van der Waals surface area contributed by atoms with Gasteiger partial charge in [0.1, 0.15) is 0 Å². The maximum absolute atomic E-state index is 5.11. The fraction of sp³-hybridized carbons (Fsp3) is 0.333. The average Bonchev–Trinajstić information content (AvgIpc) is 1.69. The van der Waals surface area contributed by atoms with E-state index in [4.69, 9.17) is 23.4 Å². The van der Waals surface area contributed by atoms with E-state index in [0.29, 0.717) is 6.61 Å². The van der Waals surface area contributed by atoms with Gasteiger partial charge in [0.2, 0.25) is 0 Å². The molecule has 0 unspecified atom stereocenters. The molecular weight excluding hydrogens is 137 g/mol. The lowest BCUT2D eigenvalue weighted by Gasteiger charge is -1.88. The van der Waals surface area contributed by atoms with Crippen molar-refractivity contribution in [3.05, 3.63) is 11.6 Å². The van der Waals surface area contributed by atoms with E-state index in [9.17, 15) is 0 Å². The summed E-state index contributed by atoms with van der Waals surface area (Å²) in [6.07, 6.45) is 1.61. The van der Waals surface area contributed by atoms with E-state index in [-0.39, 0.29) is 0 Å². The summed E-state index contributed by atoms with van der Waals surface area (Å²) in [7, 11) is 0. The van der Waals surface area contributed by atoms with Crippen molar-refractivity contribution >= 4 is 23.4 Å². The number of hydrogen-bond donors (Lipinski definition) is 1. The molecule has 42 valence electrons. The summed E-state index contributed by atoms with van der Waals surface area (Å²) in [6.45, 7) is 0.382. The Labute approximate surface area is 52.1 Å². The number of hydrogen-bond acceptors (Lipinski definition) is 2. The Morgan fingerprint density at radius 2 is 2.43 bits per heavy atom. The third-order valence-corrected chi connectivity index (χ3v) is 0.610. The quantitative estimate of drug-likeness (QED) is 0.365. The first-order valence-corrected chi connectivity index (χ1v) is 2.46. The van der Waals surface area contributed by atoms with E-state index >= 15 is 0 Å². The van der Waals surface area contributed by atoms with Gasteiger partial charge >= 0.3 is 0 Å². The fourth-order valence-electron chi connectivity index (χ4n) is 0.116. The molecule has 0 aliphatic heterocycles. The molecule has 0 aromatic rings. The summed E-state index contributed by atoms with van der Waals surface area (Å²) >= 11 is 9.99. The zero-order chi connectivity index (χ0) is 5.54. The molecule has 0 aliphatic carbocycles. The summed E-state index contributed by atoms with van der Waals surface area (Å²) in [6, 6.07) is 0. The van der Waals surface area contributed by atoms with Gasteiger partial charge in [-0.25, -0.2) is 0 Å². The van der Waals surface area contributed by atoms with Crippen LogP contribution in [0.1, 0.15) is 0 Å². The van der Waals surface area contributed by atoms with Crippen LogP contribution in [0.2, 0.25) is 0 Å². The molecule has 2 nitrogen and oxygen atoms in total. The van der Waals surface area contributed by atoms with E-state index in [1.165, 1.54) is 5.54 Å². The molecule has 0 fully saturated rings. The minimum absolute atomic E-state index is 0.382. The molecule has 0 aromatic heterocycles. The van der Waals surface area contributed by atoms with Crippen LogP contribution in [0.25, 0.3) is 0 Å². The van der Waals surface area contributed by atoms with Crippen molar-refractivity contribution in [2.45, 2.75) is 0 Å². The predicted octanol–water partition coefficient (Wildman–Crippen LogP) is 1.41. The number of halogens is 2. The highest BCUT2D eigenvalue weighted by Gasteiger charge is 1.71. The first-order valence-electron chi connectivity index (χ1n) is 1.64. The van der Waals surface area contributed by atoms with Crippen LogP contribution < -0.4 is 5.00 Å². The van der Waals surface area contributed by atoms with Crippen LogP contribution in [0.4, 0.5) is 0 Å². The lowest BCUT2D eigenvalue weighted by Crippen LogP contribution is -1.98. The van der Waals surface area contributed by atoms with Gasteiger partial charge in [-0.2, -0.15) is 0 Å². The molecule has 7 heavy (non-hydrogen) atoms. The van der Waals surface area contributed by atoms with Crippen LogP contribution in [-0.2, 0) is 4.84 Å². The normalized spacial score (nSPS) is 10.6. The summed E-state index contributed by atoms with van der Waals surface area (Å²) in [5.74, 6) is 0. The molecule has 0 spiro atoms. The third-order valence-electron chi connectivity index (χ3n) is 0.323. The van der Waals surface area contributed by atoms with Crippen LogP contribution in [0.3, 0.4) is 0 Å². The average molecular weight is 142 g/mol. The van der Waals surface area contributed by atoms with Gasteiger partial charge in [-0.15, -0.1) is 5.00 Å². The summed E-state index contributed by atoms with van der Waals surface area (Å²) in [5, 5.41) is 0. The Balaban J connectivity index is 2.69. The van der Waals surface area contributed by atoms with Gasteiger partial charge in [-0.3, -0.25) is 4.84 Å². The van der Waals surface area contributed by atoms with Gasteiger partial charge in [0.15, 0.2) is 0 Å². The molecule has 0 saturated carbocycles. The van der Waals surface area contributed by atoms with Crippen molar-refractivity contribution in [2.75, 3.05) is 6.61 Å². The molecule has 0 heterocycles. The van der Waals surface area contributed by atoms with E-state index in [0.717, 1.165) is 0 Å². The Kier molecular flexibility index (Phi) is 6.45. The molecule has 0 aromatic carbocycles. The van der Waals surface area contributed by atoms with Crippen molar-refractivity contribution < 1.29 is 4.84 Å². The molecule has 0 bridgehead atoms. The Morgan fingerprint density at radius 1 is 1.71 bits per heavy atom. The van der Waals surface area contributed by atoms with E-state index < -0.39 is 0 Å². The largest absolute Gasteiger partial charge is 0.282 e. The molecule has 0 atom stereocenters. The SMILES string of the molecule is Cl/C=C/CONCl. The molecule has 0 amide bonds. The lowest BCUT2D eigenvalue weighted by atomic mass is 10.7. The van der Waals surface area contributed by atoms with E-state index in [1.54, 1.807) is 6.08 Å². The van der Waals surface area contributed by atoms with Gasteiger partial charge in [0.25, 0.3) is 0 Å². The first-order chi connectivity index (χ1) is 3.41. The summed E-state index contributed by atoms with van der Waals surface area (Å²) in [4.78, 5) is 6.38. The molecule has 4 heteroatoms. The lowest BCUT2D eigenvalue weighted by molar-refractivity contribution is 0.122. The topological polar surface area (TPSA) is 21.3 Å². The van der Waals surface area contributed by atoms with Gasteiger partial charge in [0, 0.05) is 17.3 Å². The van der Waals surface area contributed by atoms with Crippen molar-refractivity contribution in [3.63, 3.8) is 0 Å². The predicted molar refractivity (Wildman–Crippen MR) is 29.9 cm³/mol. The molecule has 0 radical (unpaired) electrons. The molecule has 0 rings (SSSR count). The molecule has 0 saturated heterocycles. The maximum atomic E-state index is 5.11. The molecular formula is C3H5Cl2NO. The zero-order valence-corrected chi connectivity index (χ0v) is 5.04. The van der Waals surface area contributed by atoms with Gasteiger partial charge in [-0.1, -0.05) is 11.6 Å². The van der Waals surface area contributed by atoms with Crippen LogP contribution in [-0.4, -0.2) is 6.61 Å². The summed E-state index contributed by atoms with van der Waals surface area (Å²) in [5.41, 5.74) is 1.36. The van der Waals surface area contributed by atoms with Crippen molar-refractivity contribution in [3.8, 4) is 0 Å². The van der Waals surface area contributed by atoms with Crippen molar-refractivity contribution in [1.82, 2.24) is 5.00 Å². The second kappa shape index (κ2) is 6.24. The van der Waals surface area contributed by atoms with Crippen LogP contribution in [0.15, 0.2) is 11.6 Å². The Hall–Kier alpha value is 0.240. The smallest absolute Gasteiger partial charge is 0.0890 e. The maximum Gasteiger partial charge on any atom is 0.0890 e. The van der Waals surface area contributed by atoms with Crippen molar-refractivity contribution in [2.24, 2.45) is 0 Å². The van der Waals surface area contributed by atoms with Crippen LogP contribution in [0, 0.1) is 0 Å². The minimum atomic E-state index is 0.382. The molecule has 0 aliphatic rings. The molecule has 1 N–H and O–H groups in total. The number of nitrogens with one attached hydrogen (secondary N) is 1. The Bertz CT molecular complexity index is 56.9.